The molecule has 1 saturated heterocycles. The summed E-state index contributed by atoms with van der Waals surface area (Å²) in [6, 6.07) is 10.7. The lowest BCUT2D eigenvalue weighted by molar-refractivity contribution is -0.122. The quantitative estimate of drug-likeness (QED) is 0.874. The molecule has 1 amide bonds. The van der Waals surface area contributed by atoms with E-state index < -0.39 is 0 Å². The van der Waals surface area contributed by atoms with E-state index in [2.05, 4.69) is 10.2 Å². The molecule has 0 bridgehead atoms. The van der Waals surface area contributed by atoms with Crippen molar-refractivity contribution in [1.82, 2.24) is 10.2 Å². The molecular formula is C20H23FN2O2. The van der Waals surface area contributed by atoms with Gasteiger partial charge < -0.3 is 9.73 Å². The van der Waals surface area contributed by atoms with Gasteiger partial charge in [0.1, 0.15) is 11.6 Å². The second kappa shape index (κ2) is 7.00. The minimum atomic E-state index is -0.215. The Hall–Kier alpha value is -2.14. The molecule has 0 unspecified atom stereocenters. The van der Waals surface area contributed by atoms with Gasteiger partial charge in [-0.25, -0.2) is 4.39 Å². The minimum Gasteiger partial charge on any atom is -0.468 e. The van der Waals surface area contributed by atoms with E-state index in [1.807, 2.05) is 18.2 Å². The zero-order valence-electron chi connectivity index (χ0n) is 14.2. The third kappa shape index (κ3) is 3.47. The van der Waals surface area contributed by atoms with E-state index in [9.17, 15) is 9.18 Å². The Morgan fingerprint density at radius 2 is 2.04 bits per heavy atom. The molecule has 25 heavy (non-hydrogen) atoms. The fourth-order valence-corrected chi connectivity index (χ4v) is 3.88. The van der Waals surface area contributed by atoms with Crippen LogP contribution in [0.1, 0.15) is 42.5 Å². The lowest BCUT2D eigenvalue weighted by Gasteiger charge is -2.26. The van der Waals surface area contributed by atoms with Crippen molar-refractivity contribution in [3.63, 3.8) is 0 Å². The first-order valence-electron chi connectivity index (χ1n) is 9.03. The molecule has 2 fully saturated rings. The van der Waals surface area contributed by atoms with Gasteiger partial charge in [0, 0.05) is 12.5 Å². The number of furan rings is 1. The Labute approximate surface area is 147 Å². The standard InChI is InChI=1S/C20H23FN2O2/c21-17-7-2-1-6-14(17)15-12-16(15)20(24)22-13-18(19-8-5-11-25-19)23-9-3-4-10-23/h1-2,5-8,11,15-16,18H,3-4,9-10,12-13H2,(H,22,24)/t15-,16+,18-/m1/s1. The molecule has 1 aliphatic carbocycles. The molecule has 0 radical (unpaired) electrons. The van der Waals surface area contributed by atoms with Crippen molar-refractivity contribution < 1.29 is 13.6 Å². The monoisotopic (exact) mass is 342 g/mol. The van der Waals surface area contributed by atoms with Crippen molar-refractivity contribution in [2.24, 2.45) is 5.92 Å². The third-order valence-electron chi connectivity index (χ3n) is 5.35. The highest BCUT2D eigenvalue weighted by molar-refractivity contribution is 5.82. The number of nitrogens with one attached hydrogen (secondary N) is 1. The normalized spacial score (nSPS) is 24.2. The van der Waals surface area contributed by atoms with Crippen LogP contribution in [0, 0.1) is 11.7 Å². The largest absolute Gasteiger partial charge is 0.468 e. The lowest BCUT2D eigenvalue weighted by Crippen LogP contribution is -2.37. The Bertz CT molecular complexity index is 725. The molecule has 4 rings (SSSR count). The van der Waals surface area contributed by atoms with Crippen LogP contribution in [-0.2, 0) is 4.79 Å². The smallest absolute Gasteiger partial charge is 0.223 e. The van der Waals surface area contributed by atoms with Gasteiger partial charge in [0.05, 0.1) is 12.3 Å². The highest BCUT2D eigenvalue weighted by Gasteiger charge is 2.45. The molecule has 3 atom stereocenters. The van der Waals surface area contributed by atoms with Crippen molar-refractivity contribution >= 4 is 5.91 Å². The number of amides is 1. The average molecular weight is 342 g/mol. The van der Waals surface area contributed by atoms with Crippen molar-refractivity contribution in [2.75, 3.05) is 19.6 Å². The maximum absolute atomic E-state index is 13.9. The summed E-state index contributed by atoms with van der Waals surface area (Å²) in [5.74, 6) is 0.587. The zero-order chi connectivity index (χ0) is 17.2. The van der Waals surface area contributed by atoms with Gasteiger partial charge in [0.2, 0.25) is 5.91 Å². The van der Waals surface area contributed by atoms with Gasteiger partial charge in [-0.3, -0.25) is 9.69 Å². The molecule has 1 aromatic heterocycles. The summed E-state index contributed by atoms with van der Waals surface area (Å²) in [6.45, 7) is 2.60. The van der Waals surface area contributed by atoms with E-state index >= 15 is 0 Å². The van der Waals surface area contributed by atoms with Crippen LogP contribution < -0.4 is 5.32 Å². The summed E-state index contributed by atoms with van der Waals surface area (Å²) in [5, 5.41) is 3.07. The van der Waals surface area contributed by atoms with E-state index in [0.717, 1.165) is 25.3 Å². The number of carbonyl (C=O) groups is 1. The Morgan fingerprint density at radius 3 is 2.76 bits per heavy atom. The van der Waals surface area contributed by atoms with Crippen LogP contribution in [-0.4, -0.2) is 30.4 Å². The number of likely N-dealkylation sites (tertiary alicyclic amines) is 1. The van der Waals surface area contributed by atoms with Gasteiger partial charge >= 0.3 is 0 Å². The first kappa shape index (κ1) is 16.3. The summed E-state index contributed by atoms with van der Waals surface area (Å²) < 4.78 is 19.5. The molecule has 2 aliphatic rings. The topological polar surface area (TPSA) is 45.5 Å². The summed E-state index contributed by atoms with van der Waals surface area (Å²) >= 11 is 0. The molecule has 1 aromatic carbocycles. The SMILES string of the molecule is O=C(NC[C@H](c1ccco1)N1CCCC1)[C@H]1C[C@@H]1c1ccccc1F. The van der Waals surface area contributed by atoms with Gasteiger partial charge in [-0.05, 0) is 62.0 Å². The molecule has 4 nitrogen and oxygen atoms in total. The average Bonchev–Trinajstić information content (AvgIpc) is 3.03. The number of benzene rings is 1. The van der Waals surface area contributed by atoms with Crippen molar-refractivity contribution in [3.05, 3.63) is 59.8 Å². The van der Waals surface area contributed by atoms with Gasteiger partial charge in [0.15, 0.2) is 0 Å². The maximum atomic E-state index is 13.9. The number of hydrogen-bond acceptors (Lipinski definition) is 3. The summed E-state index contributed by atoms with van der Waals surface area (Å²) in [5.41, 5.74) is 0.657. The number of nitrogens with zero attached hydrogens (tertiary/aromatic N) is 1. The van der Waals surface area contributed by atoms with Gasteiger partial charge in [0.25, 0.3) is 0 Å². The maximum Gasteiger partial charge on any atom is 0.223 e. The third-order valence-corrected chi connectivity index (χ3v) is 5.35. The lowest BCUT2D eigenvalue weighted by atomic mass is 10.1. The summed E-state index contributed by atoms with van der Waals surface area (Å²) in [7, 11) is 0. The van der Waals surface area contributed by atoms with Crippen LogP contribution in [0.25, 0.3) is 0 Å². The molecule has 0 spiro atoms. The van der Waals surface area contributed by atoms with Gasteiger partial charge in [-0.15, -0.1) is 0 Å². The Morgan fingerprint density at radius 1 is 1.24 bits per heavy atom. The van der Waals surface area contributed by atoms with Crippen LogP contribution in [0.5, 0.6) is 0 Å². The Kier molecular flexibility index (Phi) is 4.57. The number of hydrogen-bond donors (Lipinski definition) is 1. The van der Waals surface area contributed by atoms with Gasteiger partial charge in [-0.2, -0.15) is 0 Å². The van der Waals surface area contributed by atoms with E-state index in [1.165, 1.54) is 18.9 Å². The highest BCUT2D eigenvalue weighted by atomic mass is 19.1. The molecule has 2 aromatic rings. The number of rotatable bonds is 6. The number of halogens is 1. The van der Waals surface area contributed by atoms with Crippen LogP contribution in [0.15, 0.2) is 47.1 Å². The van der Waals surface area contributed by atoms with E-state index in [-0.39, 0.29) is 29.6 Å². The van der Waals surface area contributed by atoms with Crippen LogP contribution in [0.2, 0.25) is 0 Å². The van der Waals surface area contributed by atoms with Crippen molar-refractivity contribution in [3.8, 4) is 0 Å². The summed E-state index contributed by atoms with van der Waals surface area (Å²) in [6.07, 6.45) is 4.77. The number of carbonyl (C=O) groups excluding carboxylic acids is 1. The highest BCUT2D eigenvalue weighted by Crippen LogP contribution is 2.48. The van der Waals surface area contributed by atoms with Crippen molar-refractivity contribution in [1.29, 1.82) is 0 Å². The second-order valence-corrected chi connectivity index (χ2v) is 6.99. The Balaban J connectivity index is 1.37. The predicted molar refractivity (Wildman–Crippen MR) is 92.5 cm³/mol. The van der Waals surface area contributed by atoms with E-state index in [1.54, 1.807) is 18.4 Å². The van der Waals surface area contributed by atoms with Gasteiger partial charge in [-0.1, -0.05) is 18.2 Å². The molecular weight excluding hydrogens is 319 g/mol. The molecule has 2 heterocycles. The first-order valence-corrected chi connectivity index (χ1v) is 9.03. The van der Waals surface area contributed by atoms with Crippen LogP contribution >= 0.6 is 0 Å². The predicted octanol–water partition coefficient (Wildman–Crippen LogP) is 3.48. The molecule has 132 valence electrons. The minimum absolute atomic E-state index is 0.00931. The van der Waals surface area contributed by atoms with Crippen LogP contribution in [0.3, 0.4) is 0 Å². The fraction of sp³-hybridized carbons (Fsp3) is 0.450. The van der Waals surface area contributed by atoms with Crippen molar-refractivity contribution in [2.45, 2.75) is 31.2 Å². The molecule has 1 aliphatic heterocycles. The van der Waals surface area contributed by atoms with Crippen LogP contribution in [0.4, 0.5) is 4.39 Å². The summed E-state index contributed by atoms with van der Waals surface area (Å²) in [4.78, 5) is 14.9. The van der Waals surface area contributed by atoms with E-state index in [0.29, 0.717) is 12.1 Å². The zero-order valence-corrected chi connectivity index (χ0v) is 14.2. The fourth-order valence-electron chi connectivity index (χ4n) is 3.88. The molecule has 5 heteroatoms. The molecule has 1 saturated carbocycles. The first-order chi connectivity index (χ1) is 12.2. The second-order valence-electron chi connectivity index (χ2n) is 6.99. The van der Waals surface area contributed by atoms with E-state index in [4.69, 9.17) is 4.42 Å². The molecule has 1 N–H and O–H groups in total.